The summed E-state index contributed by atoms with van der Waals surface area (Å²) in [5.74, 6) is 2.17. The van der Waals surface area contributed by atoms with Gasteiger partial charge in [0.15, 0.2) is 5.82 Å². The largest absolute Gasteiger partial charge is 0.480 e. The number of anilines is 1. The Labute approximate surface area is 167 Å². The quantitative estimate of drug-likeness (QED) is 0.565. The van der Waals surface area contributed by atoms with E-state index in [1.54, 1.807) is 31.9 Å². The lowest BCUT2D eigenvalue weighted by molar-refractivity contribution is 0.396. The predicted octanol–water partition coefficient (Wildman–Crippen LogP) is 1.69. The number of hydrogen-bond acceptors (Lipinski definition) is 8. The molecule has 9 heteroatoms. The number of methoxy groups -OCH3 is 1. The fourth-order valence-corrected chi connectivity index (χ4v) is 3.41. The van der Waals surface area contributed by atoms with Gasteiger partial charge in [-0.3, -0.25) is 9.97 Å². The van der Waals surface area contributed by atoms with Crippen LogP contribution in [0.25, 0.3) is 28.1 Å². The number of nitrogens with zero attached hydrogens (tertiary/aromatic N) is 7. The lowest BCUT2D eigenvalue weighted by atomic mass is 10.2. The molecule has 4 aromatic rings. The van der Waals surface area contributed by atoms with Gasteiger partial charge in [0.1, 0.15) is 11.5 Å². The van der Waals surface area contributed by atoms with Crippen LogP contribution in [-0.2, 0) is 0 Å². The molecule has 1 saturated heterocycles. The first-order chi connectivity index (χ1) is 14.3. The first-order valence-electron chi connectivity index (χ1n) is 9.45. The third kappa shape index (κ3) is 3.36. The van der Waals surface area contributed by atoms with E-state index < -0.39 is 0 Å². The maximum absolute atomic E-state index is 5.17. The first kappa shape index (κ1) is 17.5. The van der Waals surface area contributed by atoms with Gasteiger partial charge in [-0.05, 0) is 18.2 Å². The fourth-order valence-electron chi connectivity index (χ4n) is 3.41. The predicted molar refractivity (Wildman–Crippen MR) is 109 cm³/mol. The Morgan fingerprint density at radius 2 is 1.83 bits per heavy atom. The van der Waals surface area contributed by atoms with Gasteiger partial charge in [0, 0.05) is 37.8 Å². The molecular formula is C20H20N8O. The highest BCUT2D eigenvalue weighted by molar-refractivity contribution is 5.82. The number of pyridine rings is 2. The van der Waals surface area contributed by atoms with Gasteiger partial charge in [-0.1, -0.05) is 6.07 Å². The van der Waals surface area contributed by atoms with E-state index in [9.17, 15) is 0 Å². The van der Waals surface area contributed by atoms with Crippen molar-refractivity contribution in [2.45, 2.75) is 0 Å². The number of nitrogens with one attached hydrogen (secondary N) is 1. The number of rotatable bonds is 4. The van der Waals surface area contributed by atoms with E-state index in [0.29, 0.717) is 17.3 Å². The molecule has 5 heterocycles. The molecule has 1 fully saturated rings. The summed E-state index contributed by atoms with van der Waals surface area (Å²) >= 11 is 0. The highest BCUT2D eigenvalue weighted by Crippen LogP contribution is 2.24. The van der Waals surface area contributed by atoms with Crippen LogP contribution in [0.3, 0.4) is 0 Å². The minimum atomic E-state index is 0.447. The van der Waals surface area contributed by atoms with Crippen LogP contribution >= 0.6 is 0 Å². The average molecular weight is 388 g/mol. The second-order valence-electron chi connectivity index (χ2n) is 6.72. The summed E-state index contributed by atoms with van der Waals surface area (Å²) < 4.78 is 7.01. The molecule has 9 nitrogen and oxygen atoms in total. The molecule has 29 heavy (non-hydrogen) atoms. The van der Waals surface area contributed by atoms with Crippen LogP contribution in [-0.4, -0.2) is 63.0 Å². The Morgan fingerprint density at radius 1 is 0.966 bits per heavy atom. The Morgan fingerprint density at radius 3 is 2.69 bits per heavy atom. The number of ether oxygens (including phenoxy) is 1. The molecule has 5 rings (SSSR count). The van der Waals surface area contributed by atoms with E-state index in [2.05, 4.69) is 30.3 Å². The highest BCUT2D eigenvalue weighted by Gasteiger charge is 2.14. The maximum atomic E-state index is 5.17. The van der Waals surface area contributed by atoms with Crippen molar-refractivity contribution in [1.82, 2.24) is 35.0 Å². The zero-order chi connectivity index (χ0) is 19.6. The highest BCUT2D eigenvalue weighted by atomic mass is 16.5. The van der Waals surface area contributed by atoms with Crippen LogP contribution < -0.4 is 15.0 Å². The van der Waals surface area contributed by atoms with Crippen LogP contribution in [0.5, 0.6) is 5.88 Å². The topological polar surface area (TPSA) is 93.9 Å². The molecule has 0 saturated carbocycles. The second kappa shape index (κ2) is 7.44. The van der Waals surface area contributed by atoms with E-state index in [-0.39, 0.29) is 0 Å². The second-order valence-corrected chi connectivity index (χ2v) is 6.72. The summed E-state index contributed by atoms with van der Waals surface area (Å²) in [5, 5.41) is 8.84. The molecular weight excluding hydrogens is 368 g/mol. The molecule has 0 atom stereocenters. The fraction of sp³-hybridized carbons (Fsp3) is 0.250. The molecule has 1 aliphatic rings. The van der Waals surface area contributed by atoms with Crippen molar-refractivity contribution in [3.8, 4) is 23.1 Å². The normalized spacial score (nSPS) is 14.3. The summed E-state index contributed by atoms with van der Waals surface area (Å²) in [7, 11) is 1.57. The molecule has 0 radical (unpaired) electrons. The number of fused-ring (bicyclic) bond motifs is 1. The summed E-state index contributed by atoms with van der Waals surface area (Å²) in [6.45, 7) is 3.82. The molecule has 0 spiro atoms. The third-order valence-corrected chi connectivity index (χ3v) is 4.91. The number of aromatic nitrogens is 6. The van der Waals surface area contributed by atoms with Crippen LogP contribution in [0, 0.1) is 0 Å². The molecule has 0 aliphatic carbocycles. The van der Waals surface area contributed by atoms with Crippen LogP contribution in [0.2, 0.25) is 0 Å². The maximum Gasteiger partial charge on any atom is 0.232 e. The van der Waals surface area contributed by atoms with Crippen LogP contribution in [0.15, 0.2) is 49.1 Å². The zero-order valence-corrected chi connectivity index (χ0v) is 16.0. The van der Waals surface area contributed by atoms with Crippen molar-refractivity contribution in [3.63, 3.8) is 0 Å². The minimum absolute atomic E-state index is 0.447. The molecule has 0 unspecified atom stereocenters. The summed E-state index contributed by atoms with van der Waals surface area (Å²) in [6.07, 6.45) is 6.82. The van der Waals surface area contributed by atoms with Crippen LogP contribution in [0.1, 0.15) is 0 Å². The van der Waals surface area contributed by atoms with Gasteiger partial charge in [-0.2, -0.15) is 5.10 Å². The average Bonchev–Trinajstić information content (AvgIpc) is 3.23. The molecule has 1 aliphatic heterocycles. The van der Waals surface area contributed by atoms with Gasteiger partial charge in [-0.15, -0.1) is 0 Å². The van der Waals surface area contributed by atoms with Gasteiger partial charge in [-0.25, -0.2) is 14.6 Å². The van der Waals surface area contributed by atoms with Crippen molar-refractivity contribution in [2.75, 3.05) is 38.2 Å². The smallest absolute Gasteiger partial charge is 0.232 e. The molecule has 0 aromatic carbocycles. The van der Waals surface area contributed by atoms with Gasteiger partial charge in [0.2, 0.25) is 5.88 Å². The Bertz CT molecular complexity index is 1150. The SMILES string of the molecule is COc1cncc(-c2cc3c(cn2)cnn3-c2cccc(N3CCNCC3)n2)n1. The molecule has 1 N–H and O–H groups in total. The Hall–Kier alpha value is -3.59. The molecule has 0 bridgehead atoms. The lowest BCUT2D eigenvalue weighted by Crippen LogP contribution is -2.43. The Balaban J connectivity index is 1.55. The van der Waals surface area contributed by atoms with Crippen molar-refractivity contribution in [3.05, 3.63) is 49.1 Å². The van der Waals surface area contributed by atoms with Crippen molar-refractivity contribution in [1.29, 1.82) is 0 Å². The van der Waals surface area contributed by atoms with Gasteiger partial charge >= 0.3 is 0 Å². The van der Waals surface area contributed by atoms with Gasteiger partial charge < -0.3 is 15.0 Å². The van der Waals surface area contributed by atoms with E-state index in [4.69, 9.17) is 9.72 Å². The van der Waals surface area contributed by atoms with E-state index in [1.807, 2.05) is 28.9 Å². The first-order valence-corrected chi connectivity index (χ1v) is 9.45. The number of piperazine rings is 1. The zero-order valence-electron chi connectivity index (χ0n) is 16.0. The summed E-state index contributed by atoms with van der Waals surface area (Å²) in [6, 6.07) is 7.97. The summed E-state index contributed by atoms with van der Waals surface area (Å²) in [5.41, 5.74) is 2.25. The Kier molecular flexibility index (Phi) is 4.49. The monoisotopic (exact) mass is 388 g/mol. The van der Waals surface area contributed by atoms with Crippen LogP contribution in [0.4, 0.5) is 5.82 Å². The van der Waals surface area contributed by atoms with Crippen molar-refractivity contribution in [2.24, 2.45) is 0 Å². The molecule has 146 valence electrons. The van der Waals surface area contributed by atoms with Crippen molar-refractivity contribution >= 4 is 16.7 Å². The minimum Gasteiger partial charge on any atom is -0.480 e. The summed E-state index contributed by atoms with van der Waals surface area (Å²) in [4.78, 5) is 20.2. The van der Waals surface area contributed by atoms with E-state index in [1.165, 1.54) is 0 Å². The molecule has 4 aromatic heterocycles. The van der Waals surface area contributed by atoms with E-state index >= 15 is 0 Å². The number of hydrogen-bond donors (Lipinski definition) is 1. The van der Waals surface area contributed by atoms with Gasteiger partial charge in [0.25, 0.3) is 0 Å². The van der Waals surface area contributed by atoms with E-state index in [0.717, 1.165) is 48.7 Å². The lowest BCUT2D eigenvalue weighted by Gasteiger charge is -2.28. The third-order valence-electron chi connectivity index (χ3n) is 4.91. The standard InChI is InChI=1S/C20H20N8O/c1-29-20-13-22-12-16(25-20)15-9-17-14(10-23-15)11-24-28(17)19-4-2-3-18(26-19)27-7-5-21-6-8-27/h2-4,9-13,21H,5-8H2,1H3. The molecule has 0 amide bonds. The van der Waals surface area contributed by atoms with Gasteiger partial charge in [0.05, 0.1) is 36.9 Å². The van der Waals surface area contributed by atoms with Crippen molar-refractivity contribution < 1.29 is 4.74 Å².